The fourth-order valence-corrected chi connectivity index (χ4v) is 18.1. The molecule has 3 fully saturated rings. The van der Waals surface area contributed by atoms with Crippen LogP contribution < -0.4 is 5.32 Å². The van der Waals surface area contributed by atoms with Gasteiger partial charge in [-0.3, -0.25) is 19.2 Å². The Bertz CT molecular complexity index is 2420. The lowest BCUT2D eigenvalue weighted by Gasteiger charge is -2.68. The van der Waals surface area contributed by atoms with Gasteiger partial charge in [0.2, 0.25) is 8.32 Å². The van der Waals surface area contributed by atoms with E-state index >= 15 is 9.59 Å². The fraction of sp³-hybridized carbons (Fsp3) is 0.608. The molecule has 2 N–H and O–H groups in total. The number of fused-ring (bicyclic) bond motifs is 5. The predicted molar refractivity (Wildman–Crippen MR) is 248 cm³/mol. The van der Waals surface area contributed by atoms with Crippen LogP contribution in [0.3, 0.4) is 0 Å². The Balaban J connectivity index is 1.45. The highest BCUT2D eigenvalue weighted by Crippen LogP contribution is 2.66. The van der Waals surface area contributed by atoms with E-state index in [9.17, 15) is 24.3 Å². The van der Waals surface area contributed by atoms with Crippen LogP contribution in [0.5, 0.6) is 0 Å². The third kappa shape index (κ3) is 8.41. The number of carbonyl (C=O) groups is 6. The normalized spacial score (nSPS) is 30.5. The highest BCUT2D eigenvalue weighted by atomic mass is 28.4. The second-order valence-corrected chi connectivity index (χ2v) is 26.4. The molecule has 1 saturated heterocycles. The molecule has 0 unspecified atom stereocenters. The summed E-state index contributed by atoms with van der Waals surface area (Å²) in [5.74, 6) is -6.44. The van der Waals surface area contributed by atoms with Gasteiger partial charge in [-0.2, -0.15) is 0 Å². The molecule has 18 heteroatoms. The summed E-state index contributed by atoms with van der Waals surface area (Å²) in [4.78, 5) is 86.3. The van der Waals surface area contributed by atoms with Gasteiger partial charge in [0.15, 0.2) is 29.4 Å². The minimum absolute atomic E-state index is 0.00418. The quantitative estimate of drug-likeness (QED) is 0.0636. The number of rotatable bonds is 15. The number of carbonyl (C=O) groups excluding carboxylic acids is 6. The summed E-state index contributed by atoms with van der Waals surface area (Å²) in [6.07, 6.45) is -2.17. The first-order chi connectivity index (χ1) is 32.3. The van der Waals surface area contributed by atoms with Crippen LogP contribution in [0, 0.1) is 22.7 Å². The van der Waals surface area contributed by atoms with Crippen molar-refractivity contribution < 1.29 is 75.2 Å². The summed E-state index contributed by atoms with van der Waals surface area (Å²) in [6.45, 7) is 22.8. The Hall–Kier alpha value is -5.30. The molecule has 0 spiro atoms. The molecular formula is C51H67NO16Si. The van der Waals surface area contributed by atoms with Crippen LogP contribution in [0.4, 0.5) is 0 Å². The van der Waals surface area contributed by atoms with E-state index < -0.39 is 121 Å². The molecule has 1 aliphatic heterocycles. The van der Waals surface area contributed by atoms with Crippen molar-refractivity contribution >= 4 is 43.9 Å². The number of nitrogens with one attached hydrogen (secondary N) is 1. The van der Waals surface area contributed by atoms with Crippen molar-refractivity contribution in [2.75, 3.05) is 6.61 Å². The zero-order valence-electron chi connectivity index (χ0n) is 41.7. The van der Waals surface area contributed by atoms with Crippen LogP contribution in [0.15, 0.2) is 79.8 Å². The molecule has 4 heterocycles. The van der Waals surface area contributed by atoms with E-state index in [1.807, 2.05) is 48.5 Å². The van der Waals surface area contributed by atoms with Crippen LogP contribution in [-0.2, 0) is 47.3 Å². The molecule has 69 heavy (non-hydrogen) atoms. The molecular weight excluding hydrogens is 911 g/mol. The molecule has 0 aromatic carbocycles. The molecule has 17 nitrogen and oxygen atoms in total. The number of ketones is 1. The van der Waals surface area contributed by atoms with Gasteiger partial charge in [-0.05, 0) is 77.4 Å². The van der Waals surface area contributed by atoms with Crippen LogP contribution in [0.1, 0.15) is 136 Å². The highest BCUT2D eigenvalue weighted by molar-refractivity contribution is 6.77. The number of hydrogen-bond donors (Lipinski definition) is 2. The first-order valence-corrected chi connectivity index (χ1v) is 25.9. The molecule has 11 atom stereocenters. The van der Waals surface area contributed by atoms with Crippen LogP contribution in [-0.4, -0.2) is 97.3 Å². The van der Waals surface area contributed by atoms with Gasteiger partial charge in [0, 0.05) is 31.1 Å². The monoisotopic (exact) mass is 977 g/mol. The third-order valence-electron chi connectivity index (χ3n) is 16.1. The molecule has 2 bridgehead atoms. The van der Waals surface area contributed by atoms with Gasteiger partial charge in [0.25, 0.3) is 5.91 Å². The Morgan fingerprint density at radius 1 is 0.870 bits per heavy atom. The summed E-state index contributed by atoms with van der Waals surface area (Å²) < 4.78 is 55.5. The van der Waals surface area contributed by atoms with Crippen LogP contribution in [0.2, 0.25) is 16.6 Å². The number of amides is 1. The summed E-state index contributed by atoms with van der Waals surface area (Å²) in [5, 5.41) is 17.0. The molecule has 2 saturated carbocycles. The minimum atomic E-state index is -3.06. The van der Waals surface area contributed by atoms with E-state index in [1.165, 1.54) is 51.0 Å². The van der Waals surface area contributed by atoms with Gasteiger partial charge in [0.05, 0.1) is 36.9 Å². The SMILES string of the molecule is CC(=O)O[C@H]1C(=O)[C@@]2(C)[C@H]([C@H](OC(=O)c3ccoc3)[C@]3(O)C[C@H](OC(=O)[C@H](O[Si](C(C)C)(C(C)C)C(C)C)[C@@H](NC(=O)c4ccco4)c4ccco4)C(C)=C1C3(C)C)[C@]1(OC(C)=O)CO[C@@H]1C[C@@H]2C. The van der Waals surface area contributed by atoms with Crippen molar-refractivity contribution in [2.24, 2.45) is 22.7 Å². The maximum Gasteiger partial charge on any atom is 0.341 e. The van der Waals surface area contributed by atoms with Gasteiger partial charge >= 0.3 is 23.9 Å². The topological polar surface area (TPSA) is 229 Å². The lowest BCUT2D eigenvalue weighted by molar-refractivity contribution is -0.340. The molecule has 0 radical (unpaired) electrons. The second-order valence-electron chi connectivity index (χ2n) is 21.0. The molecule has 3 aromatic heterocycles. The molecule has 3 aliphatic carbocycles. The number of esters is 4. The summed E-state index contributed by atoms with van der Waals surface area (Å²) in [5.41, 5.74) is -6.95. The largest absolute Gasteiger partial charge is 0.472 e. The van der Waals surface area contributed by atoms with Crippen molar-refractivity contribution in [3.8, 4) is 0 Å². The maximum absolute atomic E-state index is 15.9. The van der Waals surface area contributed by atoms with Crippen molar-refractivity contribution in [3.63, 3.8) is 0 Å². The van der Waals surface area contributed by atoms with E-state index in [0.29, 0.717) is 0 Å². The summed E-state index contributed by atoms with van der Waals surface area (Å²) in [6, 6.07) is 6.33. The lowest BCUT2D eigenvalue weighted by atomic mass is 9.43. The van der Waals surface area contributed by atoms with Crippen LogP contribution in [0.25, 0.3) is 0 Å². The van der Waals surface area contributed by atoms with Gasteiger partial charge in [-0.1, -0.05) is 69.2 Å². The predicted octanol–water partition coefficient (Wildman–Crippen LogP) is 7.99. The standard InChI is InChI=1S/C51H67NO16Si/c1-26(2)69(27(3)4,28(5)6)68-41(39(34-16-14-19-61-34)52-45(56)35-17-15-20-62-35)47(58)65-36-23-51(59)44(66-46(57)33-18-21-60-24-33)42-49(13,29(7)22-37-50(42,25-63-37)67-32(10)54)43(55)40(64-31(9)53)38(30(36)8)48(51,11)12/h14-21,24,26-29,36-37,39-42,44,59H,22-23,25H2,1-13H3,(H,52,56)/t29-,36-,37+,39-,40+,41+,42-,44-,49+,50-,51+/m0/s1. The number of furan rings is 3. The minimum Gasteiger partial charge on any atom is -0.472 e. The summed E-state index contributed by atoms with van der Waals surface area (Å²) >= 11 is 0. The highest BCUT2D eigenvalue weighted by Gasteiger charge is 2.78. The maximum atomic E-state index is 15.9. The fourth-order valence-electron chi connectivity index (χ4n) is 12.6. The van der Waals surface area contributed by atoms with Crippen molar-refractivity contribution in [2.45, 2.75) is 167 Å². The summed E-state index contributed by atoms with van der Waals surface area (Å²) in [7, 11) is -3.06. The Morgan fingerprint density at radius 2 is 1.52 bits per heavy atom. The zero-order chi connectivity index (χ0) is 50.8. The second kappa shape index (κ2) is 18.8. The zero-order valence-corrected chi connectivity index (χ0v) is 42.7. The van der Waals surface area contributed by atoms with Crippen LogP contribution >= 0.6 is 0 Å². The van der Waals surface area contributed by atoms with E-state index in [-0.39, 0.29) is 57.9 Å². The van der Waals surface area contributed by atoms with Gasteiger partial charge < -0.3 is 51.8 Å². The number of Topliss-reactive ketones (excluding diaryl/α,β-unsaturated/α-hetero) is 1. The third-order valence-corrected chi connectivity index (χ3v) is 22.2. The Morgan fingerprint density at radius 3 is 2.04 bits per heavy atom. The lowest BCUT2D eigenvalue weighted by Crippen LogP contribution is -2.80. The molecule has 3 aromatic rings. The smallest absolute Gasteiger partial charge is 0.341 e. The van der Waals surface area contributed by atoms with E-state index in [1.54, 1.807) is 45.9 Å². The van der Waals surface area contributed by atoms with Crippen molar-refractivity contribution in [3.05, 3.63) is 83.6 Å². The van der Waals surface area contributed by atoms with E-state index in [4.69, 9.17) is 41.4 Å². The number of aliphatic hydroxyl groups is 1. The average molecular weight is 978 g/mol. The van der Waals surface area contributed by atoms with Crippen molar-refractivity contribution in [1.82, 2.24) is 5.32 Å². The molecule has 1 amide bonds. The Labute approximate surface area is 403 Å². The number of hydrogen-bond acceptors (Lipinski definition) is 16. The van der Waals surface area contributed by atoms with Gasteiger partial charge in [0.1, 0.15) is 42.0 Å². The Kier molecular flexibility index (Phi) is 14.0. The average Bonchev–Trinajstić information content (AvgIpc) is 4.09. The van der Waals surface area contributed by atoms with Gasteiger partial charge in [-0.15, -0.1) is 0 Å². The molecule has 7 rings (SSSR count). The number of ether oxygens (including phenoxy) is 5. The first kappa shape index (κ1) is 51.5. The van der Waals surface area contributed by atoms with E-state index in [2.05, 4.69) is 5.32 Å². The van der Waals surface area contributed by atoms with E-state index in [0.717, 1.165) is 0 Å². The molecule has 4 aliphatic rings. The molecule has 376 valence electrons. The first-order valence-electron chi connectivity index (χ1n) is 23.7. The van der Waals surface area contributed by atoms with Crippen molar-refractivity contribution in [1.29, 1.82) is 0 Å². The van der Waals surface area contributed by atoms with Gasteiger partial charge in [-0.25, -0.2) is 9.59 Å².